The lowest BCUT2D eigenvalue weighted by molar-refractivity contribution is -0.138. The molecule has 0 unspecified atom stereocenters. The van der Waals surface area contributed by atoms with Gasteiger partial charge in [0.25, 0.3) is 0 Å². The molecule has 10 heavy (non-hydrogen) atoms. The molecule has 0 heterocycles. The lowest BCUT2D eigenvalue weighted by Crippen LogP contribution is -2.04. The minimum Gasteiger partial charge on any atom is -0.462 e. The van der Waals surface area contributed by atoms with Crippen LogP contribution in [0.1, 0.15) is 13.3 Å². The molecule has 0 aromatic rings. The van der Waals surface area contributed by atoms with E-state index in [0.29, 0.717) is 12.2 Å². The number of rotatable bonds is 2. The molecule has 0 atom stereocenters. The Kier molecular flexibility index (Phi) is 2.26. The van der Waals surface area contributed by atoms with Crippen molar-refractivity contribution < 1.29 is 9.53 Å². The van der Waals surface area contributed by atoms with Gasteiger partial charge in [0.2, 0.25) is 0 Å². The van der Waals surface area contributed by atoms with E-state index in [1.54, 1.807) is 13.0 Å². The Labute approximate surface area is 60.2 Å². The monoisotopic (exact) mass is 138 g/mol. The molecule has 2 heteroatoms. The molecule has 54 valence electrons. The van der Waals surface area contributed by atoms with E-state index in [-0.39, 0.29) is 5.97 Å². The second-order valence-electron chi connectivity index (χ2n) is 2.02. The molecule has 1 aliphatic rings. The van der Waals surface area contributed by atoms with Crippen LogP contribution in [0.4, 0.5) is 0 Å². The molecule has 0 radical (unpaired) electrons. The summed E-state index contributed by atoms with van der Waals surface area (Å²) in [6, 6.07) is 0. The van der Waals surface area contributed by atoms with E-state index in [4.69, 9.17) is 4.74 Å². The minimum atomic E-state index is -0.212. The first-order valence-electron chi connectivity index (χ1n) is 3.38. The van der Waals surface area contributed by atoms with Gasteiger partial charge in [0.15, 0.2) is 0 Å². The maximum absolute atomic E-state index is 10.9. The molecule has 0 aliphatic heterocycles. The molecular weight excluding hydrogens is 128 g/mol. The van der Waals surface area contributed by atoms with Crippen LogP contribution in [0.3, 0.4) is 0 Å². The number of esters is 1. The van der Waals surface area contributed by atoms with Crippen molar-refractivity contribution in [1.29, 1.82) is 0 Å². The quantitative estimate of drug-likeness (QED) is 0.539. The second kappa shape index (κ2) is 3.20. The molecule has 0 saturated carbocycles. The van der Waals surface area contributed by atoms with Gasteiger partial charge in [-0.2, -0.15) is 0 Å². The van der Waals surface area contributed by atoms with Gasteiger partial charge in [-0.3, -0.25) is 0 Å². The number of carbonyl (C=O) groups is 1. The third-order valence-corrected chi connectivity index (χ3v) is 1.28. The van der Waals surface area contributed by atoms with Crippen molar-refractivity contribution in [2.75, 3.05) is 6.61 Å². The summed E-state index contributed by atoms with van der Waals surface area (Å²) >= 11 is 0. The van der Waals surface area contributed by atoms with E-state index < -0.39 is 0 Å². The average molecular weight is 138 g/mol. The van der Waals surface area contributed by atoms with Crippen LogP contribution in [-0.4, -0.2) is 12.6 Å². The zero-order valence-electron chi connectivity index (χ0n) is 5.96. The molecule has 0 fully saturated rings. The first-order chi connectivity index (χ1) is 4.84. The van der Waals surface area contributed by atoms with E-state index in [1.165, 1.54) is 0 Å². The topological polar surface area (TPSA) is 26.3 Å². The molecular formula is C8H10O2. The summed E-state index contributed by atoms with van der Waals surface area (Å²) in [5, 5.41) is 0. The van der Waals surface area contributed by atoms with Gasteiger partial charge in [0.1, 0.15) is 0 Å². The Balaban J connectivity index is 2.48. The summed E-state index contributed by atoms with van der Waals surface area (Å²) in [5.41, 5.74) is 0.682. The zero-order valence-corrected chi connectivity index (χ0v) is 5.96. The lowest BCUT2D eigenvalue weighted by atomic mass is 10.3. The van der Waals surface area contributed by atoms with E-state index in [9.17, 15) is 4.79 Å². The predicted octanol–water partition coefficient (Wildman–Crippen LogP) is 1.44. The molecule has 0 spiro atoms. The zero-order chi connectivity index (χ0) is 7.40. The van der Waals surface area contributed by atoms with E-state index in [1.807, 2.05) is 12.2 Å². The third-order valence-electron chi connectivity index (χ3n) is 1.28. The highest BCUT2D eigenvalue weighted by molar-refractivity contribution is 5.92. The first-order valence-corrected chi connectivity index (χ1v) is 3.38. The van der Waals surface area contributed by atoms with Crippen molar-refractivity contribution in [2.45, 2.75) is 13.3 Å². The van der Waals surface area contributed by atoms with Gasteiger partial charge in [-0.1, -0.05) is 18.2 Å². The van der Waals surface area contributed by atoms with Crippen molar-refractivity contribution in [2.24, 2.45) is 0 Å². The maximum atomic E-state index is 10.9. The summed E-state index contributed by atoms with van der Waals surface area (Å²) in [6.45, 7) is 2.25. The van der Waals surface area contributed by atoms with Gasteiger partial charge in [-0.15, -0.1) is 0 Å². The fraction of sp³-hybridized carbons (Fsp3) is 0.375. The molecule has 0 aromatic heterocycles. The molecule has 0 bridgehead atoms. The van der Waals surface area contributed by atoms with Crippen molar-refractivity contribution in [1.82, 2.24) is 0 Å². The first kappa shape index (κ1) is 7.06. The van der Waals surface area contributed by atoms with Crippen LogP contribution in [0.15, 0.2) is 23.8 Å². The van der Waals surface area contributed by atoms with Crippen molar-refractivity contribution in [3.05, 3.63) is 23.8 Å². The maximum Gasteiger partial charge on any atom is 0.337 e. The highest BCUT2D eigenvalue weighted by atomic mass is 16.5. The van der Waals surface area contributed by atoms with E-state index in [2.05, 4.69) is 0 Å². The SMILES string of the molecule is CCOC(=O)C1=CCC=C1. The fourth-order valence-corrected chi connectivity index (χ4v) is 0.824. The van der Waals surface area contributed by atoms with Crippen LogP contribution < -0.4 is 0 Å². The number of allylic oxidation sites excluding steroid dienone is 2. The number of ether oxygens (including phenoxy) is 1. The van der Waals surface area contributed by atoms with Crippen molar-refractivity contribution >= 4 is 5.97 Å². The highest BCUT2D eigenvalue weighted by Crippen LogP contribution is 2.09. The fourth-order valence-electron chi connectivity index (χ4n) is 0.824. The Morgan fingerprint density at radius 3 is 3.10 bits per heavy atom. The normalized spacial score (nSPS) is 15.1. The van der Waals surface area contributed by atoms with Crippen LogP contribution >= 0.6 is 0 Å². The molecule has 0 saturated heterocycles. The summed E-state index contributed by atoms with van der Waals surface area (Å²) < 4.78 is 4.77. The van der Waals surface area contributed by atoms with Crippen LogP contribution in [-0.2, 0) is 9.53 Å². The summed E-state index contributed by atoms with van der Waals surface area (Å²) in [5.74, 6) is -0.212. The van der Waals surface area contributed by atoms with Crippen LogP contribution in [0.25, 0.3) is 0 Å². The predicted molar refractivity (Wildman–Crippen MR) is 38.5 cm³/mol. The smallest absolute Gasteiger partial charge is 0.337 e. The van der Waals surface area contributed by atoms with Gasteiger partial charge >= 0.3 is 5.97 Å². The highest BCUT2D eigenvalue weighted by Gasteiger charge is 2.08. The molecule has 0 aromatic carbocycles. The summed E-state index contributed by atoms with van der Waals surface area (Å²) in [4.78, 5) is 10.9. The number of hydrogen-bond acceptors (Lipinski definition) is 2. The van der Waals surface area contributed by atoms with E-state index >= 15 is 0 Å². The Hall–Kier alpha value is -1.05. The number of hydrogen-bond donors (Lipinski definition) is 0. The summed E-state index contributed by atoms with van der Waals surface area (Å²) in [6.07, 6.45) is 6.44. The Morgan fingerprint density at radius 2 is 2.60 bits per heavy atom. The van der Waals surface area contributed by atoms with Gasteiger partial charge in [0.05, 0.1) is 12.2 Å². The molecule has 2 nitrogen and oxygen atoms in total. The Morgan fingerprint density at radius 1 is 1.80 bits per heavy atom. The van der Waals surface area contributed by atoms with Gasteiger partial charge in [-0.25, -0.2) is 4.79 Å². The standard InChI is InChI=1S/C8H10O2/c1-2-10-8(9)7-5-3-4-6-7/h3,5-6H,2,4H2,1H3. The Bertz CT molecular complexity index is 189. The molecule has 1 aliphatic carbocycles. The molecule has 0 amide bonds. The van der Waals surface area contributed by atoms with Crippen LogP contribution in [0.5, 0.6) is 0 Å². The largest absolute Gasteiger partial charge is 0.462 e. The average Bonchev–Trinajstić information content (AvgIpc) is 2.38. The molecule has 0 N–H and O–H groups in total. The third kappa shape index (κ3) is 1.47. The van der Waals surface area contributed by atoms with Crippen LogP contribution in [0, 0.1) is 0 Å². The summed E-state index contributed by atoms with van der Waals surface area (Å²) in [7, 11) is 0. The van der Waals surface area contributed by atoms with Crippen LogP contribution in [0.2, 0.25) is 0 Å². The van der Waals surface area contributed by atoms with Gasteiger partial charge in [-0.05, 0) is 13.3 Å². The van der Waals surface area contributed by atoms with Gasteiger partial charge < -0.3 is 4.74 Å². The van der Waals surface area contributed by atoms with Gasteiger partial charge in [0, 0.05) is 0 Å². The molecule has 1 rings (SSSR count). The second-order valence-corrected chi connectivity index (χ2v) is 2.02. The minimum absolute atomic E-state index is 0.212. The van der Waals surface area contributed by atoms with Crippen molar-refractivity contribution in [3.63, 3.8) is 0 Å². The number of carbonyl (C=O) groups excluding carboxylic acids is 1. The van der Waals surface area contributed by atoms with Crippen molar-refractivity contribution in [3.8, 4) is 0 Å². The lowest BCUT2D eigenvalue weighted by Gasteiger charge is -1.98. The van der Waals surface area contributed by atoms with E-state index in [0.717, 1.165) is 6.42 Å².